The first-order valence-electron chi connectivity index (χ1n) is 8.15. The molecule has 2 aromatic carbocycles. The minimum atomic E-state index is -0.608. The van der Waals surface area contributed by atoms with Crippen molar-refractivity contribution in [3.8, 4) is 0 Å². The topological polar surface area (TPSA) is 68.3 Å². The predicted molar refractivity (Wildman–Crippen MR) is 107 cm³/mol. The molecule has 3 aromatic rings. The molecule has 0 fully saturated rings. The second-order valence-corrected chi connectivity index (χ2v) is 6.75. The summed E-state index contributed by atoms with van der Waals surface area (Å²) in [5.41, 5.74) is 2.75. The van der Waals surface area contributed by atoms with Gasteiger partial charge in [-0.25, -0.2) is 4.79 Å². The van der Waals surface area contributed by atoms with Crippen molar-refractivity contribution in [1.82, 2.24) is 4.98 Å². The second kappa shape index (κ2) is 7.94. The zero-order chi connectivity index (χ0) is 19.6. The molecule has 1 heterocycles. The fourth-order valence-electron chi connectivity index (χ4n) is 2.83. The van der Waals surface area contributed by atoms with Crippen LogP contribution >= 0.6 is 23.2 Å². The third-order valence-corrected chi connectivity index (χ3v) is 4.73. The molecule has 0 bridgehead atoms. The van der Waals surface area contributed by atoms with Gasteiger partial charge in [0.15, 0.2) is 6.61 Å². The molecule has 1 aromatic heterocycles. The number of para-hydroxylation sites is 2. The van der Waals surface area contributed by atoms with Crippen LogP contribution in [0.4, 0.5) is 5.69 Å². The van der Waals surface area contributed by atoms with Crippen molar-refractivity contribution in [3.63, 3.8) is 0 Å². The van der Waals surface area contributed by atoms with Crippen molar-refractivity contribution in [2.24, 2.45) is 0 Å². The van der Waals surface area contributed by atoms with Crippen LogP contribution in [0.3, 0.4) is 0 Å². The smallest absolute Gasteiger partial charge is 0.340 e. The highest BCUT2D eigenvalue weighted by molar-refractivity contribution is 6.39. The summed E-state index contributed by atoms with van der Waals surface area (Å²) < 4.78 is 5.18. The molecule has 0 unspecified atom stereocenters. The number of anilines is 1. The molecule has 0 saturated heterocycles. The maximum atomic E-state index is 12.5. The van der Waals surface area contributed by atoms with E-state index in [0.717, 1.165) is 16.5 Å². The highest BCUT2D eigenvalue weighted by Crippen LogP contribution is 2.29. The summed E-state index contributed by atoms with van der Waals surface area (Å²) in [4.78, 5) is 29.1. The SMILES string of the molecule is Cc1nc2ccccc2c(C)c1C(=O)OCC(=O)Nc1c(Cl)cccc1Cl. The molecule has 7 heteroatoms. The van der Waals surface area contributed by atoms with E-state index in [0.29, 0.717) is 21.3 Å². The molecule has 0 radical (unpaired) electrons. The summed E-state index contributed by atoms with van der Waals surface area (Å²) in [5.74, 6) is -1.15. The number of nitrogens with zero attached hydrogens (tertiary/aromatic N) is 1. The van der Waals surface area contributed by atoms with E-state index < -0.39 is 18.5 Å². The summed E-state index contributed by atoms with van der Waals surface area (Å²) in [6, 6.07) is 12.4. The molecular weight excluding hydrogens is 387 g/mol. The predicted octanol–water partition coefficient (Wildman–Crippen LogP) is 4.95. The van der Waals surface area contributed by atoms with Gasteiger partial charge in [-0.2, -0.15) is 0 Å². The van der Waals surface area contributed by atoms with Gasteiger partial charge in [0.05, 0.1) is 32.5 Å². The first kappa shape index (κ1) is 19.1. The lowest BCUT2D eigenvalue weighted by atomic mass is 10.0. The average molecular weight is 403 g/mol. The summed E-state index contributed by atoms with van der Waals surface area (Å²) in [5, 5.41) is 4.01. The van der Waals surface area contributed by atoms with Gasteiger partial charge in [-0.05, 0) is 37.6 Å². The van der Waals surface area contributed by atoms with Gasteiger partial charge in [-0.3, -0.25) is 9.78 Å². The Kier molecular flexibility index (Phi) is 5.63. The zero-order valence-electron chi connectivity index (χ0n) is 14.7. The van der Waals surface area contributed by atoms with E-state index in [9.17, 15) is 9.59 Å². The number of esters is 1. The monoisotopic (exact) mass is 402 g/mol. The van der Waals surface area contributed by atoms with E-state index in [-0.39, 0.29) is 5.69 Å². The van der Waals surface area contributed by atoms with Gasteiger partial charge in [0.2, 0.25) is 0 Å². The Hall–Kier alpha value is -2.63. The Morgan fingerprint density at radius 2 is 1.70 bits per heavy atom. The molecule has 1 amide bonds. The number of pyridine rings is 1. The maximum Gasteiger partial charge on any atom is 0.340 e. The highest BCUT2D eigenvalue weighted by Gasteiger charge is 2.19. The molecule has 1 N–H and O–H groups in total. The zero-order valence-corrected chi connectivity index (χ0v) is 16.2. The van der Waals surface area contributed by atoms with E-state index in [1.54, 1.807) is 25.1 Å². The number of hydrogen-bond donors (Lipinski definition) is 1. The van der Waals surface area contributed by atoms with E-state index in [2.05, 4.69) is 10.3 Å². The number of carbonyl (C=O) groups is 2. The first-order valence-corrected chi connectivity index (χ1v) is 8.91. The lowest BCUT2D eigenvalue weighted by Gasteiger charge is -2.13. The Balaban J connectivity index is 1.74. The highest BCUT2D eigenvalue weighted by atomic mass is 35.5. The standard InChI is InChI=1S/C20H16Cl2N2O3/c1-11-13-6-3-4-9-16(13)23-12(2)18(11)20(26)27-10-17(25)24-19-14(21)7-5-8-15(19)22/h3-9H,10H2,1-2H3,(H,24,25). The van der Waals surface area contributed by atoms with Gasteiger partial charge in [0, 0.05) is 5.39 Å². The Bertz CT molecular complexity index is 1030. The van der Waals surface area contributed by atoms with Crippen LogP contribution < -0.4 is 5.32 Å². The molecule has 3 rings (SSSR count). The number of ether oxygens (including phenoxy) is 1. The molecule has 0 spiro atoms. The number of aromatic nitrogens is 1. The molecule has 138 valence electrons. The molecule has 0 aliphatic rings. The van der Waals surface area contributed by atoms with Gasteiger partial charge >= 0.3 is 5.97 Å². The van der Waals surface area contributed by atoms with Crippen molar-refractivity contribution < 1.29 is 14.3 Å². The van der Waals surface area contributed by atoms with E-state index in [4.69, 9.17) is 27.9 Å². The third-order valence-electron chi connectivity index (χ3n) is 4.10. The molecule has 5 nitrogen and oxygen atoms in total. The Morgan fingerprint density at radius 1 is 1.04 bits per heavy atom. The molecule has 0 aliphatic heterocycles. The summed E-state index contributed by atoms with van der Waals surface area (Å²) in [7, 11) is 0. The maximum absolute atomic E-state index is 12.5. The number of carbonyl (C=O) groups excluding carboxylic acids is 2. The lowest BCUT2D eigenvalue weighted by molar-refractivity contribution is -0.119. The van der Waals surface area contributed by atoms with Crippen LogP contribution in [0.25, 0.3) is 10.9 Å². The van der Waals surface area contributed by atoms with Gasteiger partial charge < -0.3 is 10.1 Å². The van der Waals surface area contributed by atoms with Gasteiger partial charge in [0.1, 0.15) is 0 Å². The quantitative estimate of drug-likeness (QED) is 0.626. The van der Waals surface area contributed by atoms with Crippen LogP contribution in [0.5, 0.6) is 0 Å². The molecular formula is C20H16Cl2N2O3. The molecule has 0 aliphatic carbocycles. The summed E-state index contributed by atoms with van der Waals surface area (Å²) in [6.45, 7) is 3.10. The molecule has 0 saturated carbocycles. The van der Waals surface area contributed by atoms with E-state index in [1.165, 1.54) is 0 Å². The van der Waals surface area contributed by atoms with Crippen LogP contribution in [-0.4, -0.2) is 23.5 Å². The van der Waals surface area contributed by atoms with Crippen LogP contribution in [0.15, 0.2) is 42.5 Å². The Labute approximate surface area is 166 Å². The first-order chi connectivity index (χ1) is 12.9. The Morgan fingerprint density at radius 3 is 2.41 bits per heavy atom. The van der Waals surface area contributed by atoms with Crippen molar-refractivity contribution in [2.45, 2.75) is 13.8 Å². The van der Waals surface area contributed by atoms with Crippen molar-refractivity contribution >= 4 is 51.7 Å². The summed E-state index contributed by atoms with van der Waals surface area (Å²) >= 11 is 12.0. The van der Waals surface area contributed by atoms with E-state index in [1.807, 2.05) is 31.2 Å². The van der Waals surface area contributed by atoms with Crippen molar-refractivity contribution in [3.05, 3.63) is 69.3 Å². The number of hydrogen-bond acceptors (Lipinski definition) is 4. The van der Waals surface area contributed by atoms with Gasteiger partial charge in [-0.1, -0.05) is 47.5 Å². The van der Waals surface area contributed by atoms with Crippen LogP contribution in [-0.2, 0) is 9.53 Å². The fourth-order valence-corrected chi connectivity index (χ4v) is 3.32. The minimum Gasteiger partial charge on any atom is -0.452 e. The number of rotatable bonds is 4. The average Bonchev–Trinajstić information content (AvgIpc) is 2.63. The third kappa shape index (κ3) is 4.04. The van der Waals surface area contributed by atoms with Crippen molar-refractivity contribution in [1.29, 1.82) is 0 Å². The second-order valence-electron chi connectivity index (χ2n) is 5.94. The summed E-state index contributed by atoms with van der Waals surface area (Å²) in [6.07, 6.45) is 0. The number of halogens is 2. The minimum absolute atomic E-state index is 0.279. The van der Waals surface area contributed by atoms with Crippen molar-refractivity contribution in [2.75, 3.05) is 11.9 Å². The number of benzene rings is 2. The number of amides is 1. The lowest BCUT2D eigenvalue weighted by Crippen LogP contribution is -2.22. The largest absolute Gasteiger partial charge is 0.452 e. The van der Waals surface area contributed by atoms with E-state index >= 15 is 0 Å². The van der Waals surface area contributed by atoms with Crippen LogP contribution in [0.2, 0.25) is 10.0 Å². The normalized spacial score (nSPS) is 10.7. The van der Waals surface area contributed by atoms with Gasteiger partial charge in [-0.15, -0.1) is 0 Å². The fraction of sp³-hybridized carbons (Fsp3) is 0.150. The number of fused-ring (bicyclic) bond motifs is 1. The molecule has 0 atom stereocenters. The van der Waals surface area contributed by atoms with Crippen LogP contribution in [0, 0.1) is 13.8 Å². The van der Waals surface area contributed by atoms with Crippen LogP contribution in [0.1, 0.15) is 21.6 Å². The number of aryl methyl sites for hydroxylation is 2. The number of nitrogens with one attached hydrogen (secondary N) is 1. The van der Waals surface area contributed by atoms with Gasteiger partial charge in [0.25, 0.3) is 5.91 Å². The molecule has 27 heavy (non-hydrogen) atoms.